The van der Waals surface area contributed by atoms with E-state index in [9.17, 15) is 9.59 Å². The summed E-state index contributed by atoms with van der Waals surface area (Å²) in [5.41, 5.74) is 1.50. The Balaban J connectivity index is 1.73. The minimum Gasteiger partial charge on any atom is -0.481 e. The maximum atomic E-state index is 11.7. The summed E-state index contributed by atoms with van der Waals surface area (Å²) in [5, 5.41) is 14.4. The molecule has 1 aromatic heterocycles. The molecule has 1 aliphatic rings. The molecule has 108 valence electrons. The number of urea groups is 1. The number of rotatable bonds is 4. The minimum absolute atomic E-state index is 0.0693. The first-order valence-corrected chi connectivity index (χ1v) is 6.59. The third-order valence-electron chi connectivity index (χ3n) is 3.38. The fraction of sp³-hybridized carbons (Fsp3) is 0.538. The van der Waals surface area contributed by atoms with Gasteiger partial charge in [0, 0.05) is 12.2 Å². The zero-order valence-corrected chi connectivity index (χ0v) is 11.3. The Bertz CT molecular complexity index is 489. The second kappa shape index (κ2) is 6.31. The molecule has 0 radical (unpaired) electrons. The second-order valence-electron chi connectivity index (χ2n) is 5.02. The molecule has 2 rings (SSSR count). The van der Waals surface area contributed by atoms with E-state index < -0.39 is 5.97 Å². The van der Waals surface area contributed by atoms with E-state index >= 15 is 0 Å². The Kier molecular flexibility index (Phi) is 4.49. The zero-order chi connectivity index (χ0) is 14.5. The molecule has 0 saturated heterocycles. The lowest BCUT2D eigenvalue weighted by molar-refractivity contribution is -0.141. The fourth-order valence-corrected chi connectivity index (χ4v) is 2.25. The van der Waals surface area contributed by atoms with Gasteiger partial charge in [-0.3, -0.25) is 14.8 Å². The number of carboxylic acid groups (broad SMARTS) is 1. The first-order chi connectivity index (χ1) is 9.54. The average molecular weight is 278 g/mol. The van der Waals surface area contributed by atoms with Crippen molar-refractivity contribution >= 4 is 12.0 Å². The molecular weight excluding hydrogens is 260 g/mol. The van der Waals surface area contributed by atoms with Gasteiger partial charge in [-0.1, -0.05) is 0 Å². The third kappa shape index (κ3) is 3.91. The predicted octanol–water partition coefficient (Wildman–Crippen LogP) is 0.838. The van der Waals surface area contributed by atoms with Crippen LogP contribution in [0.3, 0.4) is 0 Å². The molecule has 1 fully saturated rings. The smallest absolute Gasteiger partial charge is 0.315 e. The van der Waals surface area contributed by atoms with E-state index in [1.165, 1.54) is 0 Å². The normalized spacial score (nSPS) is 21.4. The predicted molar refractivity (Wildman–Crippen MR) is 70.9 cm³/mol. The molecule has 7 nitrogen and oxygen atoms in total. The topological polar surface area (TPSA) is 104 Å². The molecule has 0 aliphatic heterocycles. The lowest BCUT2D eigenvalue weighted by atomic mass is 10.1. The number of hydrogen-bond donors (Lipinski definition) is 3. The number of nitrogens with one attached hydrogen (secondary N) is 2. The SMILES string of the molecule is Cc1cnc(CNC(=O)N[C@H]2CC[C@@H](C(=O)O)C2)cn1. The summed E-state index contributed by atoms with van der Waals surface area (Å²) in [6, 6.07) is -0.372. The average Bonchev–Trinajstić information content (AvgIpc) is 2.87. The van der Waals surface area contributed by atoms with Crippen LogP contribution in [0.1, 0.15) is 30.7 Å². The number of amides is 2. The Morgan fingerprint density at radius 2 is 2.15 bits per heavy atom. The molecule has 0 bridgehead atoms. The molecule has 20 heavy (non-hydrogen) atoms. The maximum absolute atomic E-state index is 11.7. The van der Waals surface area contributed by atoms with E-state index in [2.05, 4.69) is 20.6 Å². The van der Waals surface area contributed by atoms with E-state index in [1.807, 2.05) is 6.92 Å². The van der Waals surface area contributed by atoms with Crippen molar-refractivity contribution in [2.45, 2.75) is 38.8 Å². The number of carboxylic acids is 1. The van der Waals surface area contributed by atoms with Gasteiger partial charge in [0.2, 0.25) is 0 Å². The van der Waals surface area contributed by atoms with Crippen molar-refractivity contribution in [2.24, 2.45) is 5.92 Å². The van der Waals surface area contributed by atoms with Gasteiger partial charge in [0.25, 0.3) is 0 Å². The van der Waals surface area contributed by atoms with Gasteiger partial charge >= 0.3 is 12.0 Å². The molecule has 1 aliphatic carbocycles. The van der Waals surface area contributed by atoms with Gasteiger partial charge in [-0.2, -0.15) is 0 Å². The quantitative estimate of drug-likeness (QED) is 0.757. The van der Waals surface area contributed by atoms with Crippen LogP contribution in [-0.2, 0) is 11.3 Å². The van der Waals surface area contributed by atoms with Crippen molar-refractivity contribution in [2.75, 3.05) is 0 Å². The van der Waals surface area contributed by atoms with E-state index in [1.54, 1.807) is 12.4 Å². The van der Waals surface area contributed by atoms with Gasteiger partial charge in [0.05, 0.1) is 30.0 Å². The molecular formula is C13H18N4O3. The van der Waals surface area contributed by atoms with Gasteiger partial charge in [-0.05, 0) is 26.2 Å². The van der Waals surface area contributed by atoms with Crippen LogP contribution in [0.25, 0.3) is 0 Å². The van der Waals surface area contributed by atoms with Gasteiger partial charge in [0.15, 0.2) is 0 Å². The number of aryl methyl sites for hydroxylation is 1. The number of hydrogen-bond acceptors (Lipinski definition) is 4. The molecule has 1 heterocycles. The van der Waals surface area contributed by atoms with Crippen molar-refractivity contribution in [3.63, 3.8) is 0 Å². The van der Waals surface area contributed by atoms with Crippen molar-refractivity contribution in [1.29, 1.82) is 0 Å². The fourth-order valence-electron chi connectivity index (χ4n) is 2.25. The summed E-state index contributed by atoms with van der Waals surface area (Å²) in [6.45, 7) is 2.14. The third-order valence-corrected chi connectivity index (χ3v) is 3.38. The van der Waals surface area contributed by atoms with Crippen molar-refractivity contribution in [3.8, 4) is 0 Å². The van der Waals surface area contributed by atoms with Crippen molar-refractivity contribution < 1.29 is 14.7 Å². The van der Waals surface area contributed by atoms with Crippen LogP contribution in [-0.4, -0.2) is 33.1 Å². The van der Waals surface area contributed by atoms with Crippen LogP contribution in [0.5, 0.6) is 0 Å². The van der Waals surface area contributed by atoms with Gasteiger partial charge in [0.1, 0.15) is 0 Å². The largest absolute Gasteiger partial charge is 0.481 e. The number of aromatic nitrogens is 2. The highest BCUT2D eigenvalue weighted by Gasteiger charge is 2.30. The zero-order valence-electron chi connectivity index (χ0n) is 11.3. The molecule has 0 unspecified atom stereocenters. The molecule has 0 aromatic carbocycles. The number of aliphatic carboxylic acids is 1. The van der Waals surface area contributed by atoms with Gasteiger partial charge < -0.3 is 15.7 Å². The molecule has 7 heteroatoms. The van der Waals surface area contributed by atoms with E-state index in [-0.39, 0.29) is 18.0 Å². The van der Waals surface area contributed by atoms with Crippen LogP contribution in [0.2, 0.25) is 0 Å². The molecule has 2 atom stereocenters. The van der Waals surface area contributed by atoms with Crippen molar-refractivity contribution in [1.82, 2.24) is 20.6 Å². The summed E-state index contributed by atoms with van der Waals surface area (Å²) < 4.78 is 0. The number of nitrogens with zero attached hydrogens (tertiary/aromatic N) is 2. The second-order valence-corrected chi connectivity index (χ2v) is 5.02. The lowest BCUT2D eigenvalue weighted by Crippen LogP contribution is -2.41. The van der Waals surface area contributed by atoms with Crippen LogP contribution >= 0.6 is 0 Å². The highest BCUT2D eigenvalue weighted by atomic mass is 16.4. The van der Waals surface area contributed by atoms with Gasteiger partial charge in [-0.25, -0.2) is 4.79 Å². The standard InChI is InChI=1S/C13H18N4O3/c1-8-5-15-11(6-14-8)7-16-13(20)17-10-3-2-9(4-10)12(18)19/h5-6,9-10H,2-4,7H2,1H3,(H,18,19)(H2,16,17,20)/t9-,10+/m1/s1. The molecule has 2 amide bonds. The summed E-state index contributed by atoms with van der Waals surface area (Å²) >= 11 is 0. The van der Waals surface area contributed by atoms with Crippen LogP contribution in [0.15, 0.2) is 12.4 Å². The summed E-state index contributed by atoms with van der Waals surface area (Å²) in [6.07, 6.45) is 5.07. The highest BCUT2D eigenvalue weighted by molar-refractivity contribution is 5.75. The Hall–Kier alpha value is -2.18. The molecule has 3 N–H and O–H groups in total. The molecule has 1 saturated carbocycles. The lowest BCUT2D eigenvalue weighted by Gasteiger charge is -2.13. The van der Waals surface area contributed by atoms with Gasteiger partial charge in [-0.15, -0.1) is 0 Å². The summed E-state index contributed by atoms with van der Waals surface area (Å²) in [7, 11) is 0. The van der Waals surface area contributed by atoms with E-state index in [0.717, 1.165) is 5.69 Å². The summed E-state index contributed by atoms with van der Waals surface area (Å²) in [4.78, 5) is 30.8. The van der Waals surface area contributed by atoms with Crippen molar-refractivity contribution in [3.05, 3.63) is 23.8 Å². The Morgan fingerprint density at radius 3 is 2.75 bits per heavy atom. The van der Waals surface area contributed by atoms with Crippen LogP contribution in [0.4, 0.5) is 4.79 Å². The van der Waals surface area contributed by atoms with Crippen LogP contribution in [0, 0.1) is 12.8 Å². The van der Waals surface area contributed by atoms with Crippen LogP contribution < -0.4 is 10.6 Å². The van der Waals surface area contributed by atoms with E-state index in [4.69, 9.17) is 5.11 Å². The Morgan fingerprint density at radius 1 is 1.35 bits per heavy atom. The number of carbonyl (C=O) groups is 2. The Labute approximate surface area is 116 Å². The minimum atomic E-state index is -0.787. The summed E-state index contributed by atoms with van der Waals surface area (Å²) in [5.74, 6) is -1.13. The molecule has 0 spiro atoms. The maximum Gasteiger partial charge on any atom is 0.315 e. The number of carbonyl (C=O) groups excluding carboxylic acids is 1. The molecule has 1 aromatic rings. The highest BCUT2D eigenvalue weighted by Crippen LogP contribution is 2.25. The monoisotopic (exact) mass is 278 g/mol. The first-order valence-electron chi connectivity index (χ1n) is 6.59. The van der Waals surface area contributed by atoms with E-state index in [0.29, 0.717) is 31.5 Å². The first kappa shape index (κ1) is 14.2.